The topological polar surface area (TPSA) is 46.5 Å². The summed E-state index contributed by atoms with van der Waals surface area (Å²) >= 11 is 7.19. The van der Waals surface area contributed by atoms with Crippen molar-refractivity contribution in [1.29, 1.82) is 0 Å². The van der Waals surface area contributed by atoms with Crippen molar-refractivity contribution < 1.29 is 14.6 Å². The molecule has 5 heteroatoms. The number of benzene rings is 1. The number of ether oxygens (including phenoxy) is 1. The van der Waals surface area contributed by atoms with Crippen molar-refractivity contribution in [1.82, 2.24) is 0 Å². The molecule has 0 saturated heterocycles. The Morgan fingerprint density at radius 2 is 2.12 bits per heavy atom. The van der Waals surface area contributed by atoms with Gasteiger partial charge >= 0.3 is 5.97 Å². The Morgan fingerprint density at radius 3 is 2.76 bits per heavy atom. The largest absolute Gasteiger partial charge is 0.506 e. The fourth-order valence-electron chi connectivity index (χ4n) is 1.41. The summed E-state index contributed by atoms with van der Waals surface area (Å²) in [7, 11) is 1.27. The van der Waals surface area contributed by atoms with Crippen molar-refractivity contribution in [2.24, 2.45) is 0 Å². The van der Waals surface area contributed by atoms with E-state index in [-0.39, 0.29) is 10.6 Å². The average molecular weight is 269 g/mol. The molecule has 0 aliphatic carbocycles. The standard InChI is InChI=1S/C12H9ClO3S/c1-16-12(15)11-9(14)6-10(17-11)7-4-2-3-5-8(7)13/h2-6,14H,1H3. The van der Waals surface area contributed by atoms with Crippen LogP contribution in [0.15, 0.2) is 30.3 Å². The van der Waals surface area contributed by atoms with Crippen LogP contribution in [0.2, 0.25) is 5.02 Å². The zero-order valence-corrected chi connectivity index (χ0v) is 10.5. The molecule has 0 aliphatic heterocycles. The second kappa shape index (κ2) is 4.77. The third kappa shape index (κ3) is 2.28. The molecule has 1 N–H and O–H groups in total. The number of methoxy groups -OCH3 is 1. The minimum atomic E-state index is -0.550. The number of hydrogen-bond acceptors (Lipinski definition) is 4. The van der Waals surface area contributed by atoms with E-state index in [4.69, 9.17) is 11.6 Å². The van der Waals surface area contributed by atoms with Crippen molar-refractivity contribution in [3.63, 3.8) is 0 Å². The van der Waals surface area contributed by atoms with Crippen LogP contribution in [-0.2, 0) is 4.74 Å². The zero-order valence-electron chi connectivity index (χ0n) is 8.94. The summed E-state index contributed by atoms with van der Waals surface area (Å²) in [5.74, 6) is -0.637. The molecule has 0 saturated carbocycles. The smallest absolute Gasteiger partial charge is 0.351 e. The second-order valence-corrected chi connectivity index (χ2v) is 4.76. The molecule has 0 radical (unpaired) electrons. The predicted octanol–water partition coefficient (Wildman–Crippen LogP) is 3.56. The number of thiophene rings is 1. The predicted molar refractivity (Wildman–Crippen MR) is 67.8 cm³/mol. The van der Waals surface area contributed by atoms with E-state index in [1.54, 1.807) is 6.07 Å². The molecule has 1 heterocycles. The monoisotopic (exact) mass is 268 g/mol. The van der Waals surface area contributed by atoms with Gasteiger partial charge in [-0.15, -0.1) is 11.3 Å². The Morgan fingerprint density at radius 1 is 1.41 bits per heavy atom. The Balaban J connectivity index is 2.49. The summed E-state index contributed by atoms with van der Waals surface area (Å²) in [6, 6.07) is 8.76. The van der Waals surface area contributed by atoms with E-state index < -0.39 is 5.97 Å². The van der Waals surface area contributed by atoms with Crippen LogP contribution in [-0.4, -0.2) is 18.2 Å². The highest BCUT2D eigenvalue weighted by atomic mass is 35.5. The summed E-state index contributed by atoms with van der Waals surface area (Å²) < 4.78 is 4.58. The second-order valence-electron chi connectivity index (χ2n) is 3.30. The molecular weight excluding hydrogens is 260 g/mol. The van der Waals surface area contributed by atoms with Gasteiger partial charge in [0.15, 0.2) is 4.88 Å². The van der Waals surface area contributed by atoms with Crippen molar-refractivity contribution in [3.05, 3.63) is 40.2 Å². The van der Waals surface area contributed by atoms with Crippen molar-refractivity contribution in [3.8, 4) is 16.2 Å². The van der Waals surface area contributed by atoms with Gasteiger partial charge in [-0.3, -0.25) is 0 Å². The molecule has 0 spiro atoms. The third-order valence-electron chi connectivity index (χ3n) is 2.22. The first-order valence-corrected chi connectivity index (χ1v) is 5.99. The number of esters is 1. The molecule has 1 aromatic carbocycles. The molecule has 1 aromatic heterocycles. The van der Waals surface area contributed by atoms with Gasteiger partial charge in [0.05, 0.1) is 7.11 Å². The zero-order chi connectivity index (χ0) is 12.4. The molecule has 2 aromatic rings. The van der Waals surface area contributed by atoms with Gasteiger partial charge in [-0.25, -0.2) is 4.79 Å². The van der Waals surface area contributed by atoms with Crippen LogP contribution in [0.5, 0.6) is 5.75 Å². The maximum Gasteiger partial charge on any atom is 0.351 e. The molecule has 2 rings (SSSR count). The summed E-state index contributed by atoms with van der Waals surface area (Å²) in [4.78, 5) is 12.3. The van der Waals surface area contributed by atoms with Gasteiger partial charge in [-0.2, -0.15) is 0 Å². The van der Waals surface area contributed by atoms with Crippen LogP contribution >= 0.6 is 22.9 Å². The van der Waals surface area contributed by atoms with E-state index in [0.717, 1.165) is 21.8 Å². The Labute approximate surface area is 107 Å². The van der Waals surface area contributed by atoms with E-state index >= 15 is 0 Å². The van der Waals surface area contributed by atoms with Crippen molar-refractivity contribution in [2.45, 2.75) is 0 Å². The quantitative estimate of drug-likeness (QED) is 0.847. The molecule has 0 amide bonds. The lowest BCUT2D eigenvalue weighted by Gasteiger charge is -1.99. The normalized spacial score (nSPS) is 10.2. The molecule has 17 heavy (non-hydrogen) atoms. The fraction of sp³-hybridized carbons (Fsp3) is 0.0833. The minimum Gasteiger partial charge on any atom is -0.506 e. The molecule has 0 bridgehead atoms. The minimum absolute atomic E-state index is 0.0863. The fourth-order valence-corrected chi connectivity index (χ4v) is 2.72. The van der Waals surface area contributed by atoms with Gasteiger partial charge in [-0.05, 0) is 12.1 Å². The maximum atomic E-state index is 11.4. The van der Waals surface area contributed by atoms with E-state index in [1.165, 1.54) is 13.2 Å². The first kappa shape index (κ1) is 12.0. The van der Waals surface area contributed by atoms with Gasteiger partial charge in [0.1, 0.15) is 5.75 Å². The highest BCUT2D eigenvalue weighted by Gasteiger charge is 2.17. The first-order chi connectivity index (χ1) is 8.13. The highest BCUT2D eigenvalue weighted by molar-refractivity contribution is 7.17. The lowest BCUT2D eigenvalue weighted by Crippen LogP contribution is -1.97. The lowest BCUT2D eigenvalue weighted by molar-refractivity contribution is 0.0603. The first-order valence-electron chi connectivity index (χ1n) is 4.79. The van der Waals surface area contributed by atoms with Crippen LogP contribution < -0.4 is 0 Å². The van der Waals surface area contributed by atoms with Crippen LogP contribution in [0.3, 0.4) is 0 Å². The Bertz CT molecular complexity index is 563. The molecule has 0 atom stereocenters. The number of carbonyl (C=O) groups is 1. The highest BCUT2D eigenvalue weighted by Crippen LogP contribution is 2.38. The van der Waals surface area contributed by atoms with E-state index in [2.05, 4.69) is 4.74 Å². The van der Waals surface area contributed by atoms with Crippen molar-refractivity contribution >= 4 is 28.9 Å². The van der Waals surface area contributed by atoms with Gasteiger partial charge in [0.25, 0.3) is 0 Å². The molecule has 0 aliphatic rings. The van der Waals surface area contributed by atoms with Crippen LogP contribution in [0.4, 0.5) is 0 Å². The number of carbonyl (C=O) groups excluding carboxylic acids is 1. The number of rotatable bonds is 2. The maximum absolute atomic E-state index is 11.4. The van der Waals surface area contributed by atoms with E-state index in [0.29, 0.717) is 5.02 Å². The summed E-state index contributed by atoms with van der Waals surface area (Å²) in [6.45, 7) is 0. The van der Waals surface area contributed by atoms with E-state index in [1.807, 2.05) is 18.2 Å². The van der Waals surface area contributed by atoms with Crippen molar-refractivity contribution in [2.75, 3.05) is 7.11 Å². The van der Waals surface area contributed by atoms with Gasteiger partial charge in [0.2, 0.25) is 0 Å². The SMILES string of the molecule is COC(=O)c1sc(-c2ccccc2Cl)cc1O. The van der Waals surface area contributed by atoms with E-state index in [9.17, 15) is 9.90 Å². The molecule has 0 fully saturated rings. The molecule has 0 unspecified atom stereocenters. The number of aromatic hydroxyl groups is 1. The summed E-state index contributed by atoms with van der Waals surface area (Å²) in [5.41, 5.74) is 0.782. The average Bonchev–Trinajstić information content (AvgIpc) is 2.71. The number of hydrogen-bond donors (Lipinski definition) is 1. The lowest BCUT2D eigenvalue weighted by atomic mass is 10.2. The Kier molecular flexibility index (Phi) is 3.36. The summed E-state index contributed by atoms with van der Waals surface area (Å²) in [6.07, 6.45) is 0. The third-order valence-corrected chi connectivity index (χ3v) is 3.69. The van der Waals surface area contributed by atoms with Gasteiger partial charge in [0, 0.05) is 15.5 Å². The molecule has 3 nitrogen and oxygen atoms in total. The molecule has 88 valence electrons. The van der Waals surface area contributed by atoms with Crippen LogP contribution in [0.25, 0.3) is 10.4 Å². The Hall–Kier alpha value is -1.52. The summed E-state index contributed by atoms with van der Waals surface area (Å²) in [5, 5.41) is 10.2. The number of halogens is 1. The van der Waals surface area contributed by atoms with Gasteiger partial charge < -0.3 is 9.84 Å². The van der Waals surface area contributed by atoms with Crippen LogP contribution in [0, 0.1) is 0 Å². The van der Waals surface area contributed by atoms with Gasteiger partial charge in [-0.1, -0.05) is 29.8 Å². The van der Waals surface area contributed by atoms with Crippen LogP contribution in [0.1, 0.15) is 9.67 Å². The molecular formula is C12H9ClO3S.